The van der Waals surface area contributed by atoms with Crippen molar-refractivity contribution in [3.63, 3.8) is 0 Å². The lowest BCUT2D eigenvalue weighted by atomic mass is 9.90. The Morgan fingerprint density at radius 3 is 2.61 bits per heavy atom. The Kier molecular flexibility index (Phi) is 3.14. The van der Waals surface area contributed by atoms with Gasteiger partial charge in [-0.2, -0.15) is 0 Å². The molecule has 0 spiro atoms. The van der Waals surface area contributed by atoms with Crippen LogP contribution in [0.15, 0.2) is 24.3 Å². The van der Waals surface area contributed by atoms with E-state index in [4.69, 9.17) is 5.11 Å². The summed E-state index contributed by atoms with van der Waals surface area (Å²) in [5.74, 6) is -4.27. The van der Waals surface area contributed by atoms with E-state index < -0.39 is 23.6 Å². The number of carbonyl (C=O) groups excluding carboxylic acids is 2. The number of Topliss-reactive ketones (excluding diaryl/α,β-unsaturated/α-hetero) is 1. The molecule has 0 fully saturated rings. The van der Waals surface area contributed by atoms with E-state index in [9.17, 15) is 14.4 Å². The zero-order valence-corrected chi connectivity index (χ0v) is 9.92. The number of nitrogens with zero attached hydrogens (tertiary/aromatic N) is 1. The number of hydrogen-bond donors (Lipinski definition) is 1. The Morgan fingerprint density at radius 2 is 2.00 bits per heavy atom. The van der Waals surface area contributed by atoms with E-state index in [-0.39, 0.29) is 0 Å². The molecular formula is C13H13NO4. The molecule has 0 bridgehead atoms. The first-order valence-corrected chi connectivity index (χ1v) is 5.75. The molecule has 2 rings (SSSR count). The highest BCUT2D eigenvalue weighted by Gasteiger charge is 2.43. The van der Waals surface area contributed by atoms with Crippen LogP contribution in [0, 0.1) is 5.92 Å². The van der Waals surface area contributed by atoms with Crippen LogP contribution in [0.3, 0.4) is 0 Å². The second-order valence-electron chi connectivity index (χ2n) is 4.14. The highest BCUT2D eigenvalue weighted by molar-refractivity contribution is 6.30. The van der Waals surface area contributed by atoms with Crippen molar-refractivity contribution in [2.45, 2.75) is 13.3 Å². The predicted octanol–water partition coefficient (Wildman–Crippen LogP) is 1.33. The molecule has 0 aliphatic carbocycles. The van der Waals surface area contributed by atoms with Gasteiger partial charge in [0, 0.05) is 12.1 Å². The first-order valence-electron chi connectivity index (χ1n) is 5.75. The van der Waals surface area contributed by atoms with Crippen molar-refractivity contribution in [3.05, 3.63) is 29.8 Å². The molecule has 18 heavy (non-hydrogen) atoms. The van der Waals surface area contributed by atoms with Crippen LogP contribution >= 0.6 is 0 Å². The van der Waals surface area contributed by atoms with Crippen molar-refractivity contribution in [2.75, 3.05) is 11.4 Å². The number of carboxylic acids is 1. The number of rotatable bonds is 3. The van der Waals surface area contributed by atoms with Gasteiger partial charge < -0.3 is 10.0 Å². The molecule has 0 aromatic heterocycles. The summed E-state index contributed by atoms with van der Waals surface area (Å²) in [6.45, 7) is 2.30. The van der Waals surface area contributed by atoms with Gasteiger partial charge in [0.05, 0.1) is 5.69 Å². The predicted molar refractivity (Wildman–Crippen MR) is 64.5 cm³/mol. The van der Waals surface area contributed by atoms with Gasteiger partial charge in [-0.05, 0) is 18.6 Å². The van der Waals surface area contributed by atoms with Crippen LogP contribution in [0.1, 0.15) is 23.7 Å². The van der Waals surface area contributed by atoms with E-state index in [1.165, 1.54) is 4.90 Å². The molecule has 1 aromatic rings. The largest absolute Gasteiger partial charge is 0.480 e. The molecule has 5 heteroatoms. The summed E-state index contributed by atoms with van der Waals surface area (Å²) in [7, 11) is 0. The summed E-state index contributed by atoms with van der Waals surface area (Å²) in [4.78, 5) is 36.5. The first kappa shape index (κ1) is 12.3. The second kappa shape index (κ2) is 4.60. The number of para-hydroxylation sites is 1. The van der Waals surface area contributed by atoms with Gasteiger partial charge in [0.15, 0.2) is 11.7 Å². The summed E-state index contributed by atoms with van der Waals surface area (Å²) in [5, 5.41) is 9.02. The van der Waals surface area contributed by atoms with Gasteiger partial charge in [0.25, 0.3) is 0 Å². The average molecular weight is 247 g/mol. The topological polar surface area (TPSA) is 74.7 Å². The van der Waals surface area contributed by atoms with Crippen molar-refractivity contribution in [3.8, 4) is 0 Å². The van der Waals surface area contributed by atoms with Crippen molar-refractivity contribution >= 4 is 23.3 Å². The number of amides is 1. The van der Waals surface area contributed by atoms with Crippen LogP contribution in [0.25, 0.3) is 0 Å². The minimum Gasteiger partial charge on any atom is -0.480 e. The minimum absolute atomic E-state index is 0.304. The Morgan fingerprint density at radius 1 is 1.33 bits per heavy atom. The maximum absolute atomic E-state index is 12.1. The molecule has 1 atom stereocenters. The number of aliphatic carboxylic acids is 1. The van der Waals surface area contributed by atoms with Gasteiger partial charge in [-0.3, -0.25) is 14.4 Å². The number of hydrogen-bond acceptors (Lipinski definition) is 3. The quantitative estimate of drug-likeness (QED) is 0.817. The molecular weight excluding hydrogens is 234 g/mol. The molecule has 1 aliphatic rings. The van der Waals surface area contributed by atoms with E-state index in [0.717, 1.165) is 0 Å². The molecule has 1 heterocycles. The third-order valence-electron chi connectivity index (χ3n) is 2.93. The van der Waals surface area contributed by atoms with E-state index in [2.05, 4.69) is 0 Å². The van der Waals surface area contributed by atoms with Crippen molar-refractivity contribution in [1.29, 1.82) is 0 Å². The highest BCUT2D eigenvalue weighted by Crippen LogP contribution is 2.30. The molecule has 1 unspecified atom stereocenters. The standard InChI is InChI=1S/C13H13NO4/c1-2-7-14-9-6-4-3-5-8(9)11(15)10(12(14)16)13(17)18/h3-6,10H,2,7H2,1H3,(H,17,18). The van der Waals surface area contributed by atoms with Crippen LogP contribution < -0.4 is 4.90 Å². The highest BCUT2D eigenvalue weighted by atomic mass is 16.4. The van der Waals surface area contributed by atoms with Gasteiger partial charge in [0.2, 0.25) is 5.91 Å². The van der Waals surface area contributed by atoms with Gasteiger partial charge in [0.1, 0.15) is 0 Å². The van der Waals surface area contributed by atoms with Crippen molar-refractivity contribution in [2.24, 2.45) is 5.92 Å². The molecule has 5 nitrogen and oxygen atoms in total. The number of anilines is 1. The number of ketones is 1. The number of benzene rings is 1. The Labute approximate surface area is 104 Å². The lowest BCUT2D eigenvalue weighted by Crippen LogP contribution is -2.48. The van der Waals surface area contributed by atoms with Gasteiger partial charge in [-0.15, -0.1) is 0 Å². The van der Waals surface area contributed by atoms with Crippen LogP contribution in [-0.2, 0) is 9.59 Å². The monoisotopic (exact) mass is 247 g/mol. The van der Waals surface area contributed by atoms with Crippen LogP contribution in [0.4, 0.5) is 5.69 Å². The lowest BCUT2D eigenvalue weighted by molar-refractivity contribution is -0.144. The van der Waals surface area contributed by atoms with Gasteiger partial charge >= 0.3 is 5.97 Å². The minimum atomic E-state index is -1.61. The maximum Gasteiger partial charge on any atom is 0.324 e. The van der Waals surface area contributed by atoms with Crippen LogP contribution in [0.2, 0.25) is 0 Å². The normalized spacial score (nSPS) is 18.7. The van der Waals surface area contributed by atoms with Gasteiger partial charge in [-0.25, -0.2) is 0 Å². The lowest BCUT2D eigenvalue weighted by Gasteiger charge is -2.31. The molecule has 1 N–H and O–H groups in total. The second-order valence-corrected chi connectivity index (χ2v) is 4.14. The Balaban J connectivity index is 2.56. The third-order valence-corrected chi connectivity index (χ3v) is 2.93. The first-order chi connectivity index (χ1) is 8.57. The van der Waals surface area contributed by atoms with E-state index in [1.54, 1.807) is 24.3 Å². The van der Waals surface area contributed by atoms with Crippen LogP contribution in [-0.4, -0.2) is 29.3 Å². The molecule has 1 aliphatic heterocycles. The molecule has 1 aromatic carbocycles. The SMILES string of the molecule is CCCN1C(=O)C(C(=O)O)C(=O)c2ccccc21. The van der Waals surface area contributed by atoms with E-state index >= 15 is 0 Å². The molecule has 0 saturated carbocycles. The summed E-state index contributed by atoms with van der Waals surface area (Å²) < 4.78 is 0. The molecule has 0 radical (unpaired) electrons. The summed E-state index contributed by atoms with van der Waals surface area (Å²) in [5.41, 5.74) is 0.810. The fraction of sp³-hybridized carbons (Fsp3) is 0.308. The van der Waals surface area contributed by atoms with Crippen molar-refractivity contribution < 1.29 is 19.5 Å². The molecule has 94 valence electrons. The Hall–Kier alpha value is -2.17. The zero-order chi connectivity index (χ0) is 13.3. The smallest absolute Gasteiger partial charge is 0.324 e. The number of carboxylic acid groups (broad SMARTS) is 1. The van der Waals surface area contributed by atoms with Crippen molar-refractivity contribution in [1.82, 2.24) is 0 Å². The zero-order valence-electron chi connectivity index (χ0n) is 9.92. The fourth-order valence-electron chi connectivity index (χ4n) is 2.13. The number of carbonyl (C=O) groups is 3. The third kappa shape index (κ3) is 1.77. The molecule has 1 amide bonds. The van der Waals surface area contributed by atoms with E-state index in [0.29, 0.717) is 24.2 Å². The average Bonchev–Trinajstić information content (AvgIpc) is 2.34. The summed E-state index contributed by atoms with van der Waals surface area (Å²) in [6, 6.07) is 6.61. The number of fused-ring (bicyclic) bond motifs is 1. The summed E-state index contributed by atoms with van der Waals surface area (Å²) >= 11 is 0. The van der Waals surface area contributed by atoms with E-state index in [1.807, 2.05) is 6.92 Å². The maximum atomic E-state index is 12.1. The molecule has 0 saturated heterocycles. The fourth-order valence-corrected chi connectivity index (χ4v) is 2.13. The summed E-state index contributed by atoms with van der Waals surface area (Å²) in [6.07, 6.45) is 0.695. The van der Waals surface area contributed by atoms with Crippen LogP contribution in [0.5, 0.6) is 0 Å². The Bertz CT molecular complexity index is 523. The van der Waals surface area contributed by atoms with Gasteiger partial charge in [-0.1, -0.05) is 19.1 Å².